The second-order valence-electron chi connectivity index (χ2n) is 6.17. The molecule has 10 nitrogen and oxygen atoms in total. The molecular weight excluding hydrogens is 358 g/mol. The summed E-state index contributed by atoms with van der Waals surface area (Å²) in [6.45, 7) is 0.920. The van der Waals surface area contributed by atoms with Gasteiger partial charge in [-0.05, 0) is 0 Å². The van der Waals surface area contributed by atoms with Crippen LogP contribution >= 0.6 is 0 Å². The van der Waals surface area contributed by atoms with Crippen LogP contribution in [0.15, 0.2) is 12.1 Å². The monoisotopic (exact) mass is 379 g/mol. The average Bonchev–Trinajstić information content (AvgIpc) is 2.94. The van der Waals surface area contributed by atoms with E-state index in [1.165, 1.54) is 21.3 Å². The van der Waals surface area contributed by atoms with Crippen molar-refractivity contribution in [3.05, 3.63) is 12.1 Å². The Labute approximate surface area is 155 Å². The maximum absolute atomic E-state index is 12.4. The molecule has 3 rings (SSSR count). The van der Waals surface area contributed by atoms with Crippen molar-refractivity contribution >= 4 is 23.7 Å². The standard InChI is InChI=1S/C17H21N3O7/c1-24-12-4-11(5-13(25-2)15(12)26-3)18-16(22)19-6-10(7-19)8-20-14(21)9-27-17(20)23/h4-5,10H,6-9H2,1-3H3,(H,18,22). The summed E-state index contributed by atoms with van der Waals surface area (Å²) in [6.07, 6.45) is -0.625. The van der Waals surface area contributed by atoms with Gasteiger partial charge in [-0.25, -0.2) is 14.5 Å². The normalized spacial score (nSPS) is 16.7. The molecule has 2 heterocycles. The number of benzene rings is 1. The molecule has 0 aromatic heterocycles. The minimum atomic E-state index is -0.625. The fourth-order valence-electron chi connectivity index (χ4n) is 3.02. The lowest BCUT2D eigenvalue weighted by Gasteiger charge is -2.40. The second-order valence-corrected chi connectivity index (χ2v) is 6.17. The molecule has 0 bridgehead atoms. The second kappa shape index (κ2) is 7.60. The number of imide groups is 1. The van der Waals surface area contributed by atoms with Crippen molar-refractivity contribution in [2.45, 2.75) is 0 Å². The Hall–Kier alpha value is -3.17. The minimum absolute atomic E-state index is 0.0327. The minimum Gasteiger partial charge on any atom is -0.493 e. The fourth-order valence-corrected chi connectivity index (χ4v) is 3.02. The third kappa shape index (κ3) is 3.69. The van der Waals surface area contributed by atoms with Crippen LogP contribution in [0.1, 0.15) is 0 Å². The zero-order chi connectivity index (χ0) is 19.6. The molecule has 2 aliphatic rings. The lowest BCUT2D eigenvalue weighted by molar-refractivity contribution is -0.126. The van der Waals surface area contributed by atoms with Crippen LogP contribution in [0.25, 0.3) is 0 Å². The Morgan fingerprint density at radius 1 is 1.15 bits per heavy atom. The number of hydrogen-bond acceptors (Lipinski definition) is 7. The molecular formula is C17H21N3O7. The Bertz CT molecular complexity index is 720. The van der Waals surface area contributed by atoms with Gasteiger partial charge in [0.15, 0.2) is 18.1 Å². The van der Waals surface area contributed by atoms with E-state index in [2.05, 4.69) is 10.1 Å². The topological polar surface area (TPSA) is 107 Å². The highest BCUT2D eigenvalue weighted by Crippen LogP contribution is 2.40. The summed E-state index contributed by atoms with van der Waals surface area (Å²) in [7, 11) is 4.49. The molecule has 0 spiro atoms. The Kier molecular flexibility index (Phi) is 5.24. The van der Waals surface area contributed by atoms with Crippen molar-refractivity contribution < 1.29 is 33.3 Å². The summed E-state index contributed by atoms with van der Waals surface area (Å²) in [6, 6.07) is 2.97. The van der Waals surface area contributed by atoms with Crippen LogP contribution in [0.3, 0.4) is 0 Å². The Morgan fingerprint density at radius 2 is 1.78 bits per heavy atom. The summed E-state index contributed by atoms with van der Waals surface area (Å²) in [5.74, 6) is 0.981. The quantitative estimate of drug-likeness (QED) is 0.790. The number of rotatable bonds is 6. The number of hydrogen-bond donors (Lipinski definition) is 1. The first-order chi connectivity index (χ1) is 13.0. The number of amides is 4. The molecule has 2 aliphatic heterocycles. The van der Waals surface area contributed by atoms with E-state index in [4.69, 9.17) is 14.2 Å². The van der Waals surface area contributed by atoms with Gasteiger partial charge in [0, 0.05) is 37.7 Å². The van der Waals surface area contributed by atoms with Gasteiger partial charge in [0.2, 0.25) is 5.75 Å². The Morgan fingerprint density at radius 3 is 2.26 bits per heavy atom. The Balaban J connectivity index is 1.57. The number of cyclic esters (lactones) is 1. The van der Waals surface area contributed by atoms with Crippen molar-refractivity contribution in [3.63, 3.8) is 0 Å². The van der Waals surface area contributed by atoms with Crippen LogP contribution < -0.4 is 19.5 Å². The highest BCUT2D eigenvalue weighted by Gasteiger charge is 2.38. The number of nitrogens with zero attached hydrogens (tertiary/aromatic N) is 2. The van der Waals surface area contributed by atoms with Gasteiger partial charge in [0.25, 0.3) is 5.91 Å². The van der Waals surface area contributed by atoms with Crippen LogP contribution in [0.2, 0.25) is 0 Å². The van der Waals surface area contributed by atoms with Crippen molar-refractivity contribution in [2.75, 3.05) is 52.9 Å². The van der Waals surface area contributed by atoms with Crippen LogP contribution in [0.5, 0.6) is 17.2 Å². The van der Waals surface area contributed by atoms with Crippen molar-refractivity contribution in [3.8, 4) is 17.2 Å². The van der Waals surface area contributed by atoms with Gasteiger partial charge in [-0.1, -0.05) is 0 Å². The third-order valence-electron chi connectivity index (χ3n) is 4.44. The molecule has 4 amide bonds. The smallest absolute Gasteiger partial charge is 0.417 e. The summed E-state index contributed by atoms with van der Waals surface area (Å²) < 4.78 is 20.4. The number of carbonyl (C=O) groups is 3. The first-order valence-electron chi connectivity index (χ1n) is 8.29. The van der Waals surface area contributed by atoms with Gasteiger partial charge in [-0.15, -0.1) is 0 Å². The molecule has 2 saturated heterocycles. The maximum Gasteiger partial charge on any atom is 0.417 e. The predicted molar refractivity (Wildman–Crippen MR) is 93.2 cm³/mol. The molecule has 2 fully saturated rings. The number of likely N-dealkylation sites (tertiary alicyclic amines) is 1. The van der Waals surface area contributed by atoms with Gasteiger partial charge >= 0.3 is 12.1 Å². The zero-order valence-corrected chi connectivity index (χ0v) is 15.3. The molecule has 0 atom stereocenters. The summed E-state index contributed by atoms with van der Waals surface area (Å²) >= 11 is 0. The lowest BCUT2D eigenvalue weighted by Crippen LogP contribution is -2.55. The van der Waals surface area contributed by atoms with Gasteiger partial charge in [0.1, 0.15) is 0 Å². The molecule has 1 aromatic carbocycles. The van der Waals surface area contributed by atoms with Gasteiger partial charge < -0.3 is 29.2 Å². The molecule has 0 unspecified atom stereocenters. The van der Waals surface area contributed by atoms with E-state index in [1.54, 1.807) is 17.0 Å². The van der Waals surface area contributed by atoms with Gasteiger partial charge in [-0.3, -0.25) is 4.79 Å². The third-order valence-corrected chi connectivity index (χ3v) is 4.44. The van der Waals surface area contributed by atoms with E-state index < -0.39 is 6.09 Å². The van der Waals surface area contributed by atoms with Crippen LogP contribution in [0.4, 0.5) is 15.3 Å². The first kappa shape index (κ1) is 18.6. The van der Waals surface area contributed by atoms with E-state index in [1.807, 2.05) is 0 Å². The number of carbonyl (C=O) groups excluding carboxylic acids is 3. The van der Waals surface area contributed by atoms with E-state index in [9.17, 15) is 14.4 Å². The van der Waals surface area contributed by atoms with Crippen molar-refractivity contribution in [2.24, 2.45) is 5.92 Å². The number of nitrogens with one attached hydrogen (secondary N) is 1. The molecule has 27 heavy (non-hydrogen) atoms. The van der Waals surface area contributed by atoms with E-state index >= 15 is 0 Å². The van der Waals surface area contributed by atoms with Crippen molar-refractivity contribution in [1.82, 2.24) is 9.80 Å². The average molecular weight is 379 g/mol. The molecule has 0 saturated carbocycles. The summed E-state index contributed by atoms with van der Waals surface area (Å²) in [5, 5.41) is 2.78. The van der Waals surface area contributed by atoms with Gasteiger partial charge in [-0.2, -0.15) is 0 Å². The number of ether oxygens (including phenoxy) is 4. The van der Waals surface area contributed by atoms with Gasteiger partial charge in [0.05, 0.1) is 27.0 Å². The van der Waals surface area contributed by atoms with Crippen molar-refractivity contribution in [1.29, 1.82) is 0 Å². The molecule has 10 heteroatoms. The predicted octanol–water partition coefficient (Wildman–Crippen LogP) is 1.15. The SMILES string of the molecule is COc1cc(NC(=O)N2CC(CN3C(=O)COC3=O)C2)cc(OC)c1OC. The lowest BCUT2D eigenvalue weighted by atomic mass is 10.0. The highest BCUT2D eigenvalue weighted by atomic mass is 16.6. The number of urea groups is 1. The zero-order valence-electron chi connectivity index (χ0n) is 15.3. The van der Waals surface area contributed by atoms with E-state index in [0.29, 0.717) is 36.0 Å². The summed E-state index contributed by atoms with van der Waals surface area (Å²) in [4.78, 5) is 38.0. The van der Waals surface area contributed by atoms with Crippen LogP contribution in [-0.4, -0.2) is 75.4 Å². The number of methoxy groups -OCH3 is 3. The molecule has 0 radical (unpaired) electrons. The summed E-state index contributed by atoms with van der Waals surface area (Å²) in [5.41, 5.74) is 0.497. The van der Waals surface area contributed by atoms with Crippen LogP contribution in [0, 0.1) is 5.92 Å². The molecule has 1 N–H and O–H groups in total. The first-order valence-corrected chi connectivity index (χ1v) is 8.29. The van der Waals surface area contributed by atoms with Crippen LogP contribution in [-0.2, 0) is 9.53 Å². The fraction of sp³-hybridized carbons (Fsp3) is 0.471. The molecule has 1 aromatic rings. The molecule has 0 aliphatic carbocycles. The number of anilines is 1. The maximum atomic E-state index is 12.4. The van der Waals surface area contributed by atoms with E-state index in [-0.39, 0.29) is 31.0 Å². The largest absolute Gasteiger partial charge is 0.493 e. The molecule has 146 valence electrons. The van der Waals surface area contributed by atoms with E-state index in [0.717, 1.165) is 4.90 Å². The highest BCUT2D eigenvalue weighted by molar-refractivity contribution is 5.97.